The number of aryl methyl sites for hydroxylation is 1. The third-order valence-electron chi connectivity index (χ3n) is 3.33. The van der Waals surface area contributed by atoms with Gasteiger partial charge in [-0.05, 0) is 25.0 Å². The van der Waals surface area contributed by atoms with E-state index in [1.54, 1.807) is 24.1 Å². The van der Waals surface area contributed by atoms with Crippen molar-refractivity contribution in [3.8, 4) is 0 Å². The number of carbonyl (C=O) groups is 1. The minimum Gasteiger partial charge on any atom is -0.362 e. The van der Waals surface area contributed by atoms with Crippen molar-refractivity contribution in [1.29, 1.82) is 0 Å². The molecule has 0 saturated heterocycles. The Morgan fingerprint density at radius 2 is 2.05 bits per heavy atom. The lowest BCUT2D eigenvalue weighted by atomic mass is 10.0. The Morgan fingerprint density at radius 1 is 1.33 bits per heavy atom. The predicted molar refractivity (Wildman–Crippen MR) is 80.9 cm³/mol. The second-order valence-electron chi connectivity index (χ2n) is 5.00. The Morgan fingerprint density at radius 3 is 2.67 bits per heavy atom. The predicted octanol–water partition coefficient (Wildman–Crippen LogP) is 2.68. The Labute approximate surface area is 124 Å². The van der Waals surface area contributed by atoms with Gasteiger partial charge in [0, 0.05) is 13.3 Å². The molecule has 5 heteroatoms. The second kappa shape index (κ2) is 7.04. The summed E-state index contributed by atoms with van der Waals surface area (Å²) in [7, 11) is 1.59. The normalized spacial score (nSPS) is 12.1. The summed E-state index contributed by atoms with van der Waals surface area (Å²) in [6.07, 6.45) is 2.55. The highest BCUT2D eigenvalue weighted by Crippen LogP contribution is 2.17. The molecule has 1 unspecified atom stereocenters. The zero-order chi connectivity index (χ0) is 15.2. The smallest absolute Gasteiger partial charge is 0.272 e. The van der Waals surface area contributed by atoms with Crippen LogP contribution in [0.4, 0.5) is 0 Å². The third-order valence-corrected chi connectivity index (χ3v) is 3.33. The fraction of sp³-hybridized carbons (Fsp3) is 0.375. The van der Waals surface area contributed by atoms with E-state index in [9.17, 15) is 4.79 Å². The highest BCUT2D eigenvalue weighted by molar-refractivity contribution is 5.92. The average molecular weight is 287 g/mol. The van der Waals surface area contributed by atoms with Crippen LogP contribution in [0, 0.1) is 6.92 Å². The molecule has 0 saturated carbocycles. The molecule has 0 spiro atoms. The van der Waals surface area contributed by atoms with Crippen LogP contribution < -0.4 is 5.32 Å². The second-order valence-corrected chi connectivity index (χ2v) is 5.00. The molecule has 0 aliphatic carbocycles. The molecule has 1 heterocycles. The van der Waals surface area contributed by atoms with Crippen molar-refractivity contribution in [2.75, 3.05) is 7.11 Å². The van der Waals surface area contributed by atoms with E-state index in [4.69, 9.17) is 4.74 Å². The first-order valence-corrected chi connectivity index (χ1v) is 7.04. The maximum absolute atomic E-state index is 12.2. The van der Waals surface area contributed by atoms with E-state index in [2.05, 4.69) is 22.5 Å². The van der Waals surface area contributed by atoms with Crippen LogP contribution in [0.5, 0.6) is 0 Å². The number of methoxy groups -OCH3 is 1. The van der Waals surface area contributed by atoms with Crippen LogP contribution in [0.25, 0.3) is 0 Å². The van der Waals surface area contributed by atoms with Gasteiger partial charge in [0.2, 0.25) is 0 Å². The van der Waals surface area contributed by atoms with E-state index in [0.29, 0.717) is 12.4 Å². The van der Waals surface area contributed by atoms with Crippen LogP contribution >= 0.6 is 0 Å². The fourth-order valence-corrected chi connectivity index (χ4v) is 2.14. The van der Waals surface area contributed by atoms with E-state index in [1.165, 1.54) is 5.56 Å². The topological polar surface area (TPSA) is 56.2 Å². The number of aromatic nitrogens is 2. The highest BCUT2D eigenvalue weighted by Gasteiger charge is 2.16. The molecule has 1 N–H and O–H groups in total. The summed E-state index contributed by atoms with van der Waals surface area (Å²) in [6, 6.07) is 9.89. The van der Waals surface area contributed by atoms with Crippen LogP contribution in [0.15, 0.2) is 36.5 Å². The number of nitrogens with one attached hydrogen (secondary N) is 1. The standard InChI is InChI=1S/C16H21N3O2/c1-4-14(13-7-5-12(2)6-8-13)17-16(20)15-9-10-19(18-15)11-21-3/h5-10,14H,4,11H2,1-3H3,(H,17,20). The lowest BCUT2D eigenvalue weighted by Crippen LogP contribution is -2.28. The zero-order valence-electron chi connectivity index (χ0n) is 12.7. The molecule has 21 heavy (non-hydrogen) atoms. The summed E-state index contributed by atoms with van der Waals surface area (Å²) in [6.45, 7) is 4.43. The molecule has 0 bridgehead atoms. The highest BCUT2D eigenvalue weighted by atomic mass is 16.5. The molecule has 0 fully saturated rings. The number of hydrogen-bond acceptors (Lipinski definition) is 3. The van der Waals surface area contributed by atoms with Gasteiger partial charge in [-0.2, -0.15) is 5.10 Å². The van der Waals surface area contributed by atoms with Crippen molar-refractivity contribution in [1.82, 2.24) is 15.1 Å². The Kier molecular flexibility index (Phi) is 5.11. The van der Waals surface area contributed by atoms with E-state index in [0.717, 1.165) is 12.0 Å². The number of nitrogens with zero attached hydrogens (tertiary/aromatic N) is 2. The molecule has 1 atom stereocenters. The van der Waals surface area contributed by atoms with E-state index in [-0.39, 0.29) is 11.9 Å². The Balaban J connectivity index is 2.06. The van der Waals surface area contributed by atoms with Crippen molar-refractivity contribution in [3.63, 3.8) is 0 Å². The van der Waals surface area contributed by atoms with Crippen molar-refractivity contribution in [3.05, 3.63) is 53.3 Å². The van der Waals surface area contributed by atoms with Gasteiger partial charge in [-0.3, -0.25) is 4.79 Å². The summed E-state index contributed by atoms with van der Waals surface area (Å²) >= 11 is 0. The minimum atomic E-state index is -0.169. The van der Waals surface area contributed by atoms with Crippen LogP contribution in [-0.4, -0.2) is 22.8 Å². The minimum absolute atomic E-state index is 0.00863. The maximum Gasteiger partial charge on any atom is 0.272 e. The van der Waals surface area contributed by atoms with Gasteiger partial charge in [-0.25, -0.2) is 4.68 Å². The Hall–Kier alpha value is -2.14. The zero-order valence-corrected chi connectivity index (χ0v) is 12.7. The van der Waals surface area contributed by atoms with Gasteiger partial charge in [0.25, 0.3) is 5.91 Å². The van der Waals surface area contributed by atoms with Crippen molar-refractivity contribution in [2.45, 2.75) is 33.0 Å². The van der Waals surface area contributed by atoms with Crippen molar-refractivity contribution < 1.29 is 9.53 Å². The Bertz CT molecular complexity index is 590. The number of hydrogen-bond donors (Lipinski definition) is 1. The van der Waals surface area contributed by atoms with Crippen LogP contribution in [-0.2, 0) is 11.5 Å². The third kappa shape index (κ3) is 3.92. The molecule has 2 aromatic rings. The average Bonchev–Trinajstić information content (AvgIpc) is 2.95. The molecule has 0 radical (unpaired) electrons. The summed E-state index contributed by atoms with van der Waals surface area (Å²) in [5, 5.41) is 7.19. The molecule has 1 amide bonds. The fourth-order valence-electron chi connectivity index (χ4n) is 2.14. The number of rotatable bonds is 6. The molecular formula is C16H21N3O2. The van der Waals surface area contributed by atoms with Crippen LogP contribution in [0.3, 0.4) is 0 Å². The van der Waals surface area contributed by atoms with Gasteiger partial charge in [0.1, 0.15) is 12.4 Å². The van der Waals surface area contributed by atoms with Crippen LogP contribution in [0.2, 0.25) is 0 Å². The first-order valence-electron chi connectivity index (χ1n) is 7.04. The molecular weight excluding hydrogens is 266 g/mol. The monoisotopic (exact) mass is 287 g/mol. The molecule has 1 aromatic heterocycles. The molecule has 5 nitrogen and oxygen atoms in total. The largest absolute Gasteiger partial charge is 0.362 e. The van der Waals surface area contributed by atoms with Gasteiger partial charge in [0.15, 0.2) is 0 Å². The van der Waals surface area contributed by atoms with Gasteiger partial charge in [0.05, 0.1) is 6.04 Å². The van der Waals surface area contributed by atoms with E-state index in [1.807, 2.05) is 26.0 Å². The molecule has 0 aliphatic rings. The van der Waals surface area contributed by atoms with Gasteiger partial charge in [-0.1, -0.05) is 36.8 Å². The lowest BCUT2D eigenvalue weighted by Gasteiger charge is -2.17. The lowest BCUT2D eigenvalue weighted by molar-refractivity contribution is 0.0923. The molecule has 112 valence electrons. The van der Waals surface area contributed by atoms with E-state index < -0.39 is 0 Å². The summed E-state index contributed by atoms with van der Waals surface area (Å²) in [5.74, 6) is -0.169. The number of ether oxygens (including phenoxy) is 1. The number of carbonyl (C=O) groups excluding carboxylic acids is 1. The molecule has 1 aromatic carbocycles. The summed E-state index contributed by atoms with van der Waals surface area (Å²) in [5.41, 5.74) is 2.71. The van der Waals surface area contributed by atoms with Crippen molar-refractivity contribution >= 4 is 5.91 Å². The van der Waals surface area contributed by atoms with Gasteiger partial charge >= 0.3 is 0 Å². The first-order chi connectivity index (χ1) is 10.1. The summed E-state index contributed by atoms with van der Waals surface area (Å²) < 4.78 is 6.56. The van der Waals surface area contributed by atoms with Gasteiger partial charge in [-0.15, -0.1) is 0 Å². The maximum atomic E-state index is 12.2. The number of amides is 1. The van der Waals surface area contributed by atoms with E-state index >= 15 is 0 Å². The number of benzene rings is 1. The summed E-state index contributed by atoms with van der Waals surface area (Å²) in [4.78, 5) is 12.2. The quantitative estimate of drug-likeness (QED) is 0.888. The van der Waals surface area contributed by atoms with Crippen LogP contribution in [0.1, 0.15) is 41.0 Å². The van der Waals surface area contributed by atoms with Crippen molar-refractivity contribution in [2.24, 2.45) is 0 Å². The molecule has 2 rings (SSSR count). The van der Waals surface area contributed by atoms with Gasteiger partial charge < -0.3 is 10.1 Å². The SMILES string of the molecule is CCC(NC(=O)c1ccn(COC)n1)c1ccc(C)cc1. The first kappa shape index (κ1) is 15.3. The molecule has 0 aliphatic heterocycles.